The summed E-state index contributed by atoms with van der Waals surface area (Å²) in [5.74, 6) is -2.45. The van der Waals surface area contributed by atoms with Crippen molar-refractivity contribution in [3.63, 3.8) is 0 Å². The number of phenols is 1. The molecular formula is C33H24F9NO4. The van der Waals surface area contributed by atoms with Crippen molar-refractivity contribution in [1.82, 2.24) is 5.32 Å². The fraction of sp³-hybridized carbons (Fsp3) is 0.212. The molecule has 47 heavy (non-hydrogen) atoms. The lowest BCUT2D eigenvalue weighted by Gasteiger charge is -2.20. The fourth-order valence-electron chi connectivity index (χ4n) is 4.71. The van der Waals surface area contributed by atoms with Crippen LogP contribution in [0.5, 0.6) is 5.75 Å². The number of phenolic OH excluding ortho intramolecular Hbond substituents is 1. The Kier molecular flexibility index (Phi) is 9.76. The van der Waals surface area contributed by atoms with Gasteiger partial charge in [-0.25, -0.2) is 0 Å². The molecule has 1 unspecified atom stereocenters. The predicted molar refractivity (Wildman–Crippen MR) is 152 cm³/mol. The van der Waals surface area contributed by atoms with Crippen molar-refractivity contribution in [3.05, 3.63) is 113 Å². The number of hydrogen-bond donors (Lipinski definition) is 3. The molecule has 14 heteroatoms. The zero-order valence-corrected chi connectivity index (χ0v) is 24.1. The number of aliphatic hydroxyl groups is 1. The molecule has 4 aromatic rings. The third-order valence-corrected chi connectivity index (χ3v) is 7.14. The van der Waals surface area contributed by atoms with Gasteiger partial charge in [0.15, 0.2) is 5.78 Å². The molecule has 2 atom stereocenters. The maximum atomic E-state index is 13.3. The van der Waals surface area contributed by atoms with Crippen molar-refractivity contribution < 1.29 is 59.3 Å². The molecule has 0 aromatic heterocycles. The second-order valence-corrected chi connectivity index (χ2v) is 10.6. The molecule has 0 spiro atoms. The standard InChI is InChI=1S/C33H24F9NO4/c1-17(44)29(46)27(43-30(47)26-15-21(9-10-28(26)45)20-3-2-4-23(12-20)31(34,35)36)11-18-5-7-19(8-6-18)22-13-24(32(37,38)39)16-25(14-22)33(40,41)42/h2-10,12-17,27,44-45H,11H2,1H3,(H,43,47)/t17?,27-/m0/s1. The van der Waals surface area contributed by atoms with E-state index in [1.807, 2.05) is 0 Å². The smallest absolute Gasteiger partial charge is 0.416 e. The van der Waals surface area contributed by atoms with E-state index < -0.39 is 70.4 Å². The van der Waals surface area contributed by atoms with Crippen LogP contribution in [0.15, 0.2) is 84.9 Å². The van der Waals surface area contributed by atoms with Gasteiger partial charge in [-0.15, -0.1) is 0 Å². The maximum absolute atomic E-state index is 13.3. The van der Waals surface area contributed by atoms with Gasteiger partial charge in [-0.1, -0.05) is 42.5 Å². The maximum Gasteiger partial charge on any atom is 0.416 e. The molecule has 4 rings (SSSR count). The molecule has 3 N–H and O–H groups in total. The topological polar surface area (TPSA) is 86.6 Å². The van der Waals surface area contributed by atoms with Crippen molar-refractivity contribution >= 4 is 11.7 Å². The van der Waals surface area contributed by atoms with Gasteiger partial charge in [-0.05, 0) is 83.6 Å². The van der Waals surface area contributed by atoms with Gasteiger partial charge in [0.25, 0.3) is 5.91 Å². The molecule has 0 heterocycles. The second kappa shape index (κ2) is 13.1. The highest BCUT2D eigenvalue weighted by molar-refractivity contribution is 6.01. The SMILES string of the molecule is CC(O)C(=O)[C@H](Cc1ccc(-c2cc(C(F)(F)F)cc(C(F)(F)F)c2)cc1)NC(=O)c1cc(-c2cccc(C(F)(F)F)c2)ccc1O. The lowest BCUT2D eigenvalue weighted by molar-refractivity contribution is -0.143. The van der Waals surface area contributed by atoms with E-state index >= 15 is 0 Å². The van der Waals surface area contributed by atoms with Crippen molar-refractivity contribution in [2.75, 3.05) is 0 Å². The highest BCUT2D eigenvalue weighted by atomic mass is 19.4. The van der Waals surface area contributed by atoms with Gasteiger partial charge in [0.05, 0.1) is 28.3 Å². The molecule has 0 aliphatic heterocycles. The number of amides is 1. The van der Waals surface area contributed by atoms with Crippen LogP contribution in [0.1, 0.15) is 39.5 Å². The van der Waals surface area contributed by atoms with Crippen molar-refractivity contribution in [2.24, 2.45) is 0 Å². The van der Waals surface area contributed by atoms with E-state index in [0.29, 0.717) is 12.1 Å². The predicted octanol–water partition coefficient (Wildman–Crippen LogP) is 8.07. The Bertz CT molecular complexity index is 1740. The Hall–Kier alpha value is -4.85. The molecule has 5 nitrogen and oxygen atoms in total. The number of rotatable bonds is 8. The monoisotopic (exact) mass is 669 g/mol. The highest BCUT2D eigenvalue weighted by Gasteiger charge is 2.37. The number of alkyl halides is 9. The summed E-state index contributed by atoms with van der Waals surface area (Å²) in [6.07, 6.45) is -16.6. The number of Topliss-reactive ketones (excluding diaryl/α,β-unsaturated/α-hetero) is 1. The van der Waals surface area contributed by atoms with Gasteiger partial charge in [-0.3, -0.25) is 9.59 Å². The van der Waals surface area contributed by atoms with Crippen LogP contribution in [-0.2, 0) is 29.7 Å². The average Bonchev–Trinajstić information content (AvgIpc) is 2.99. The Labute approximate surface area is 261 Å². The van der Waals surface area contributed by atoms with Crippen molar-refractivity contribution in [2.45, 2.75) is 44.0 Å². The quantitative estimate of drug-likeness (QED) is 0.166. The number of carbonyl (C=O) groups excluding carboxylic acids is 2. The van der Waals surface area contributed by atoms with Gasteiger partial charge >= 0.3 is 18.5 Å². The number of hydrogen-bond acceptors (Lipinski definition) is 4. The van der Waals surface area contributed by atoms with Crippen LogP contribution in [0.3, 0.4) is 0 Å². The van der Waals surface area contributed by atoms with Crippen molar-refractivity contribution in [3.8, 4) is 28.0 Å². The van der Waals surface area contributed by atoms with E-state index in [0.717, 1.165) is 37.3 Å². The van der Waals surface area contributed by atoms with Gasteiger partial charge in [0, 0.05) is 0 Å². The zero-order valence-electron chi connectivity index (χ0n) is 24.1. The normalized spacial score (nSPS) is 13.6. The first kappa shape index (κ1) is 35.0. The van der Waals surface area contributed by atoms with E-state index in [1.165, 1.54) is 36.4 Å². The van der Waals surface area contributed by atoms with E-state index in [4.69, 9.17) is 0 Å². The minimum atomic E-state index is -5.05. The van der Waals surface area contributed by atoms with Crippen LogP contribution >= 0.6 is 0 Å². The lowest BCUT2D eigenvalue weighted by Crippen LogP contribution is -2.46. The van der Waals surface area contributed by atoms with Gasteiger partial charge in [0.1, 0.15) is 11.9 Å². The minimum Gasteiger partial charge on any atom is -0.507 e. The molecule has 248 valence electrons. The summed E-state index contributed by atoms with van der Waals surface area (Å²) in [7, 11) is 0. The number of nitrogens with one attached hydrogen (secondary N) is 1. The molecule has 4 aromatic carbocycles. The third kappa shape index (κ3) is 8.50. The summed E-state index contributed by atoms with van der Waals surface area (Å²) in [4.78, 5) is 26.0. The highest BCUT2D eigenvalue weighted by Crippen LogP contribution is 2.39. The average molecular weight is 670 g/mol. The van der Waals surface area contributed by atoms with Crippen molar-refractivity contribution in [1.29, 1.82) is 0 Å². The molecule has 0 bridgehead atoms. The zero-order chi connectivity index (χ0) is 34.9. The largest absolute Gasteiger partial charge is 0.507 e. The molecule has 0 radical (unpaired) electrons. The van der Waals surface area contributed by atoms with E-state index in [9.17, 15) is 59.3 Å². The summed E-state index contributed by atoms with van der Waals surface area (Å²) in [6.45, 7) is 1.13. The Morgan fingerprint density at radius 3 is 1.70 bits per heavy atom. The molecule has 0 saturated carbocycles. The van der Waals surface area contributed by atoms with E-state index in [2.05, 4.69) is 5.32 Å². The number of benzene rings is 4. The Balaban J connectivity index is 1.61. The van der Waals surface area contributed by atoms with Crippen LogP contribution in [0.2, 0.25) is 0 Å². The van der Waals surface area contributed by atoms with Crippen LogP contribution in [0.4, 0.5) is 39.5 Å². The van der Waals surface area contributed by atoms with Crippen LogP contribution in [0, 0.1) is 0 Å². The van der Waals surface area contributed by atoms with Crippen LogP contribution in [0.25, 0.3) is 22.3 Å². The number of ketones is 1. The molecule has 0 saturated heterocycles. The first-order chi connectivity index (χ1) is 21.7. The Morgan fingerprint density at radius 1 is 0.660 bits per heavy atom. The summed E-state index contributed by atoms with van der Waals surface area (Å²) in [5.41, 5.74) is -4.23. The van der Waals surface area contributed by atoms with Gasteiger partial charge in [0.2, 0.25) is 0 Å². The second-order valence-electron chi connectivity index (χ2n) is 10.6. The molecule has 0 aliphatic carbocycles. The first-order valence-electron chi connectivity index (χ1n) is 13.7. The van der Waals surface area contributed by atoms with E-state index in [-0.39, 0.29) is 40.3 Å². The van der Waals surface area contributed by atoms with Crippen LogP contribution in [-0.4, -0.2) is 34.0 Å². The lowest BCUT2D eigenvalue weighted by atomic mass is 9.95. The number of carbonyl (C=O) groups is 2. The first-order valence-corrected chi connectivity index (χ1v) is 13.7. The molecule has 1 amide bonds. The van der Waals surface area contributed by atoms with Crippen LogP contribution < -0.4 is 5.32 Å². The Morgan fingerprint density at radius 2 is 1.17 bits per heavy atom. The third-order valence-electron chi connectivity index (χ3n) is 7.14. The summed E-state index contributed by atoms with van der Waals surface area (Å²) >= 11 is 0. The van der Waals surface area contributed by atoms with Gasteiger partial charge in [-0.2, -0.15) is 39.5 Å². The summed E-state index contributed by atoms with van der Waals surface area (Å²) < 4.78 is 119. The van der Waals surface area contributed by atoms with Gasteiger partial charge < -0.3 is 15.5 Å². The minimum absolute atomic E-state index is 0.0000766. The number of aliphatic hydroxyl groups excluding tert-OH is 1. The summed E-state index contributed by atoms with van der Waals surface area (Å²) in [5, 5.41) is 22.7. The number of halogens is 9. The molecular weight excluding hydrogens is 645 g/mol. The fourth-order valence-corrected chi connectivity index (χ4v) is 4.71. The number of aromatic hydroxyl groups is 1. The summed E-state index contributed by atoms with van der Waals surface area (Å²) in [6, 6.07) is 12.4. The molecule has 0 aliphatic rings. The molecule has 0 fully saturated rings. The van der Waals surface area contributed by atoms with E-state index in [1.54, 1.807) is 0 Å².